The van der Waals surface area contributed by atoms with Gasteiger partial charge in [-0.25, -0.2) is 0 Å². The number of rotatable bonds is 11. The Kier molecular flexibility index (Phi) is 9.55. The van der Waals surface area contributed by atoms with Crippen molar-refractivity contribution in [2.24, 2.45) is 5.41 Å². The molecule has 0 aromatic carbocycles. The Balaban J connectivity index is 4.13. The number of hydrogen-bond acceptors (Lipinski definition) is 0. The van der Waals surface area contributed by atoms with E-state index in [0.29, 0.717) is 25.7 Å². The topological polar surface area (TPSA) is 0 Å². The molecular weight excluding hydrogens is 249 g/mol. The van der Waals surface area contributed by atoms with Crippen molar-refractivity contribution in [1.29, 1.82) is 0 Å². The third kappa shape index (κ3) is 7.84. The van der Waals surface area contributed by atoms with Crippen molar-refractivity contribution in [3.63, 3.8) is 0 Å². The minimum Gasteiger partial charge on any atom is -0.171 e. The summed E-state index contributed by atoms with van der Waals surface area (Å²) >= 11 is 0. The van der Waals surface area contributed by atoms with Crippen LogP contribution in [-0.4, -0.2) is 6.18 Å². The fourth-order valence-corrected chi connectivity index (χ4v) is 2.47. The van der Waals surface area contributed by atoms with Gasteiger partial charge in [0.2, 0.25) is 0 Å². The monoisotopic (exact) mass is 280 g/mol. The van der Waals surface area contributed by atoms with Crippen molar-refractivity contribution in [2.45, 2.75) is 97.6 Å². The highest BCUT2D eigenvalue weighted by molar-refractivity contribution is 4.82. The van der Waals surface area contributed by atoms with E-state index in [-0.39, 0.29) is 0 Å². The molecular formula is C16H31F3. The van der Waals surface area contributed by atoms with Crippen LogP contribution in [0.4, 0.5) is 13.2 Å². The van der Waals surface area contributed by atoms with E-state index >= 15 is 0 Å². The quantitative estimate of drug-likeness (QED) is 0.362. The second kappa shape index (κ2) is 9.66. The first-order chi connectivity index (χ1) is 8.87. The fourth-order valence-electron chi connectivity index (χ4n) is 2.47. The van der Waals surface area contributed by atoms with Gasteiger partial charge in [0.25, 0.3) is 0 Å². The van der Waals surface area contributed by atoms with Crippen LogP contribution in [0.15, 0.2) is 0 Å². The second-order valence-corrected chi connectivity index (χ2v) is 6.03. The van der Waals surface area contributed by atoms with Gasteiger partial charge in [0.15, 0.2) is 0 Å². The van der Waals surface area contributed by atoms with Crippen molar-refractivity contribution >= 4 is 0 Å². The summed E-state index contributed by atoms with van der Waals surface area (Å²) < 4.78 is 39.6. The molecule has 19 heavy (non-hydrogen) atoms. The van der Waals surface area contributed by atoms with Crippen LogP contribution in [0.25, 0.3) is 0 Å². The lowest BCUT2D eigenvalue weighted by Gasteiger charge is -2.32. The second-order valence-electron chi connectivity index (χ2n) is 6.03. The summed E-state index contributed by atoms with van der Waals surface area (Å²) in [5.74, 6) is 0. The Morgan fingerprint density at radius 1 is 0.632 bits per heavy atom. The Morgan fingerprint density at radius 2 is 1.00 bits per heavy atom. The van der Waals surface area contributed by atoms with Gasteiger partial charge >= 0.3 is 6.18 Å². The van der Waals surface area contributed by atoms with Gasteiger partial charge in [0.05, 0.1) is 5.41 Å². The molecule has 0 rings (SSSR count). The van der Waals surface area contributed by atoms with Crippen LogP contribution in [0.3, 0.4) is 0 Å². The summed E-state index contributed by atoms with van der Waals surface area (Å²) in [7, 11) is 0. The van der Waals surface area contributed by atoms with Gasteiger partial charge in [-0.2, -0.15) is 13.2 Å². The summed E-state index contributed by atoms with van der Waals surface area (Å²) in [6, 6.07) is 0. The van der Waals surface area contributed by atoms with Crippen LogP contribution < -0.4 is 0 Å². The van der Waals surface area contributed by atoms with Crippen LogP contribution in [0, 0.1) is 5.41 Å². The SMILES string of the molecule is CCCCCCCC(C)(CCCCCC)C(F)(F)F. The van der Waals surface area contributed by atoms with E-state index in [4.69, 9.17) is 0 Å². The fraction of sp³-hybridized carbons (Fsp3) is 1.00. The largest absolute Gasteiger partial charge is 0.394 e. The predicted molar refractivity (Wildman–Crippen MR) is 76.3 cm³/mol. The summed E-state index contributed by atoms with van der Waals surface area (Å²) in [4.78, 5) is 0. The van der Waals surface area contributed by atoms with Crippen molar-refractivity contribution in [3.05, 3.63) is 0 Å². The summed E-state index contributed by atoms with van der Waals surface area (Å²) in [6.07, 6.45) is 5.28. The first-order valence-corrected chi connectivity index (χ1v) is 7.94. The van der Waals surface area contributed by atoms with Crippen LogP contribution in [0.2, 0.25) is 0 Å². The Hall–Kier alpha value is -0.210. The highest BCUT2D eigenvalue weighted by atomic mass is 19.4. The summed E-state index contributed by atoms with van der Waals surface area (Å²) in [6.45, 7) is 5.61. The Morgan fingerprint density at radius 3 is 1.37 bits per heavy atom. The highest BCUT2D eigenvalue weighted by Gasteiger charge is 2.49. The van der Waals surface area contributed by atoms with Gasteiger partial charge in [-0.15, -0.1) is 0 Å². The van der Waals surface area contributed by atoms with E-state index in [2.05, 4.69) is 13.8 Å². The minimum absolute atomic E-state index is 0.296. The van der Waals surface area contributed by atoms with Gasteiger partial charge in [0, 0.05) is 0 Å². The molecule has 1 atom stereocenters. The van der Waals surface area contributed by atoms with Crippen molar-refractivity contribution in [3.8, 4) is 0 Å². The van der Waals surface area contributed by atoms with E-state index in [1.54, 1.807) is 0 Å². The first-order valence-electron chi connectivity index (χ1n) is 7.94. The maximum Gasteiger partial charge on any atom is 0.394 e. The lowest BCUT2D eigenvalue weighted by Crippen LogP contribution is -2.35. The molecule has 0 aliphatic rings. The molecule has 0 aromatic rings. The molecule has 0 aliphatic heterocycles. The van der Waals surface area contributed by atoms with Gasteiger partial charge in [-0.05, 0) is 12.8 Å². The van der Waals surface area contributed by atoms with Crippen LogP contribution >= 0.6 is 0 Å². The van der Waals surface area contributed by atoms with Crippen LogP contribution in [0.5, 0.6) is 0 Å². The Bertz CT molecular complexity index is 211. The smallest absolute Gasteiger partial charge is 0.171 e. The van der Waals surface area contributed by atoms with E-state index < -0.39 is 11.6 Å². The zero-order valence-electron chi connectivity index (χ0n) is 12.9. The molecule has 0 nitrogen and oxygen atoms in total. The van der Waals surface area contributed by atoms with Crippen molar-refractivity contribution in [2.75, 3.05) is 0 Å². The van der Waals surface area contributed by atoms with Gasteiger partial charge in [-0.3, -0.25) is 0 Å². The number of halogens is 3. The first kappa shape index (κ1) is 18.8. The molecule has 0 bridgehead atoms. The zero-order chi connectivity index (χ0) is 14.8. The van der Waals surface area contributed by atoms with E-state index in [9.17, 15) is 13.2 Å². The molecule has 0 saturated heterocycles. The van der Waals surface area contributed by atoms with E-state index in [1.165, 1.54) is 6.92 Å². The maximum absolute atomic E-state index is 13.2. The summed E-state index contributed by atoms with van der Waals surface area (Å²) in [5, 5.41) is 0. The van der Waals surface area contributed by atoms with Gasteiger partial charge < -0.3 is 0 Å². The molecule has 0 fully saturated rings. The molecule has 0 amide bonds. The average molecular weight is 280 g/mol. The maximum atomic E-state index is 13.2. The molecule has 3 heteroatoms. The van der Waals surface area contributed by atoms with Crippen molar-refractivity contribution in [1.82, 2.24) is 0 Å². The molecule has 0 spiro atoms. The van der Waals surface area contributed by atoms with Crippen LogP contribution in [0.1, 0.15) is 91.4 Å². The third-order valence-corrected chi connectivity index (χ3v) is 4.10. The standard InChI is InChI=1S/C16H31F3/c1-4-6-8-10-12-14-15(3,16(17,18)19)13-11-9-7-5-2/h4-14H2,1-3H3. The van der Waals surface area contributed by atoms with Gasteiger partial charge in [-0.1, -0.05) is 78.6 Å². The molecule has 1 unspecified atom stereocenters. The van der Waals surface area contributed by atoms with Crippen molar-refractivity contribution < 1.29 is 13.2 Å². The predicted octanol–water partition coefficient (Wildman–Crippen LogP) is 6.89. The molecule has 0 N–H and O–H groups in total. The molecule has 116 valence electrons. The number of hydrogen-bond donors (Lipinski definition) is 0. The molecule has 0 heterocycles. The minimum atomic E-state index is -4.05. The van der Waals surface area contributed by atoms with Gasteiger partial charge in [0.1, 0.15) is 0 Å². The van der Waals surface area contributed by atoms with E-state index in [0.717, 1.165) is 44.9 Å². The normalized spacial score (nSPS) is 15.5. The summed E-state index contributed by atoms with van der Waals surface area (Å²) in [5.41, 5.74) is -1.47. The average Bonchev–Trinajstić information content (AvgIpc) is 2.33. The lowest BCUT2D eigenvalue weighted by atomic mass is 9.79. The molecule has 0 aromatic heterocycles. The zero-order valence-corrected chi connectivity index (χ0v) is 12.9. The third-order valence-electron chi connectivity index (χ3n) is 4.10. The Labute approximate surface area is 117 Å². The van der Waals surface area contributed by atoms with Crippen LogP contribution in [-0.2, 0) is 0 Å². The molecule has 0 aliphatic carbocycles. The lowest BCUT2D eigenvalue weighted by molar-refractivity contribution is -0.223. The number of unbranched alkanes of at least 4 members (excludes halogenated alkanes) is 7. The molecule has 0 radical (unpaired) electrons. The number of alkyl halides is 3. The van der Waals surface area contributed by atoms with E-state index in [1.807, 2.05) is 0 Å². The molecule has 0 saturated carbocycles. The highest BCUT2D eigenvalue weighted by Crippen LogP contribution is 2.46.